The smallest absolute Gasteiger partial charge is 0.226 e. The Hall–Kier alpha value is -1.81. The van der Waals surface area contributed by atoms with E-state index in [0.717, 1.165) is 11.4 Å². The number of carbonyl (C=O) groups excluding carboxylic acids is 1. The second kappa shape index (κ2) is 8.73. The van der Waals surface area contributed by atoms with Gasteiger partial charge in [0.05, 0.1) is 12.2 Å². The number of hydrogen-bond donors (Lipinski definition) is 0. The van der Waals surface area contributed by atoms with Gasteiger partial charge in [-0.15, -0.1) is 0 Å². The Balaban J connectivity index is 2.20. The number of amides is 1. The first-order valence-corrected chi connectivity index (χ1v) is 9.23. The first-order valence-electron chi connectivity index (χ1n) is 7.84. The van der Waals surface area contributed by atoms with Crippen molar-refractivity contribution in [1.82, 2.24) is 9.88 Å². The van der Waals surface area contributed by atoms with Crippen LogP contribution in [0.25, 0.3) is 0 Å². The Kier molecular flexibility index (Phi) is 6.66. The minimum Gasteiger partial charge on any atom is -0.332 e. The van der Waals surface area contributed by atoms with Crippen molar-refractivity contribution in [2.45, 2.75) is 26.9 Å². The molecule has 4 heteroatoms. The van der Waals surface area contributed by atoms with Crippen LogP contribution in [0.4, 0.5) is 0 Å². The Morgan fingerprint density at radius 1 is 1.17 bits per heavy atom. The van der Waals surface area contributed by atoms with E-state index in [1.54, 1.807) is 18.0 Å². The van der Waals surface area contributed by atoms with Crippen molar-refractivity contribution < 1.29 is 4.79 Å². The van der Waals surface area contributed by atoms with Crippen molar-refractivity contribution in [1.29, 1.82) is 0 Å². The minimum atomic E-state index is 0.0118. The van der Waals surface area contributed by atoms with E-state index >= 15 is 0 Å². The van der Waals surface area contributed by atoms with Gasteiger partial charge in [-0.25, -0.2) is 0 Å². The summed E-state index contributed by atoms with van der Waals surface area (Å²) in [4.78, 5) is 19.1. The highest BCUT2D eigenvalue weighted by molar-refractivity contribution is 7.98. The normalized spacial score (nSPS) is 12.0. The van der Waals surface area contributed by atoms with E-state index in [1.807, 2.05) is 48.4 Å². The molecule has 1 atom stereocenters. The number of pyridine rings is 1. The van der Waals surface area contributed by atoms with E-state index in [9.17, 15) is 4.79 Å². The quantitative estimate of drug-likeness (QED) is 0.772. The van der Waals surface area contributed by atoms with Gasteiger partial charge in [-0.2, -0.15) is 11.8 Å². The minimum absolute atomic E-state index is 0.0118. The Morgan fingerprint density at radius 3 is 2.57 bits per heavy atom. The number of benzene rings is 1. The highest BCUT2D eigenvalue weighted by Gasteiger charge is 2.21. The SMILES string of the molecule is CSC[C@H](C)C(=O)N(Cc1ccccn1)Cc1ccccc1C. The number of hydrogen-bond acceptors (Lipinski definition) is 3. The highest BCUT2D eigenvalue weighted by atomic mass is 32.2. The van der Waals surface area contributed by atoms with Crippen molar-refractivity contribution in [2.75, 3.05) is 12.0 Å². The first-order chi connectivity index (χ1) is 11.1. The van der Waals surface area contributed by atoms with Crippen LogP contribution in [-0.2, 0) is 17.9 Å². The molecule has 1 amide bonds. The Labute approximate surface area is 143 Å². The van der Waals surface area contributed by atoms with Gasteiger partial charge in [-0.05, 0) is 36.4 Å². The average Bonchev–Trinajstić information content (AvgIpc) is 2.56. The number of thioether (sulfide) groups is 1. The maximum Gasteiger partial charge on any atom is 0.226 e. The molecule has 0 saturated heterocycles. The van der Waals surface area contributed by atoms with Crippen molar-refractivity contribution >= 4 is 17.7 Å². The van der Waals surface area contributed by atoms with Crippen LogP contribution in [0.5, 0.6) is 0 Å². The lowest BCUT2D eigenvalue weighted by Crippen LogP contribution is -2.35. The number of rotatable bonds is 7. The molecule has 0 aliphatic rings. The zero-order valence-corrected chi connectivity index (χ0v) is 14.8. The van der Waals surface area contributed by atoms with Gasteiger partial charge in [-0.1, -0.05) is 37.3 Å². The van der Waals surface area contributed by atoms with Crippen molar-refractivity contribution in [3.05, 3.63) is 65.5 Å². The summed E-state index contributed by atoms with van der Waals surface area (Å²) in [6.07, 6.45) is 3.81. The van der Waals surface area contributed by atoms with Crippen LogP contribution < -0.4 is 0 Å². The molecule has 122 valence electrons. The summed E-state index contributed by atoms with van der Waals surface area (Å²) in [7, 11) is 0. The third-order valence-electron chi connectivity index (χ3n) is 3.85. The molecular formula is C19H24N2OS. The summed E-state index contributed by atoms with van der Waals surface area (Å²) < 4.78 is 0. The molecule has 0 saturated carbocycles. The number of nitrogens with zero attached hydrogens (tertiary/aromatic N) is 2. The monoisotopic (exact) mass is 328 g/mol. The van der Waals surface area contributed by atoms with E-state index < -0.39 is 0 Å². The second-order valence-corrected chi connectivity index (χ2v) is 6.71. The molecule has 0 fully saturated rings. The highest BCUT2D eigenvalue weighted by Crippen LogP contribution is 2.17. The number of aromatic nitrogens is 1. The van der Waals surface area contributed by atoms with Gasteiger partial charge in [0, 0.05) is 24.4 Å². The molecule has 0 N–H and O–H groups in total. The number of aryl methyl sites for hydroxylation is 1. The molecular weight excluding hydrogens is 304 g/mol. The van der Waals surface area contributed by atoms with Crippen LogP contribution in [0.15, 0.2) is 48.7 Å². The largest absolute Gasteiger partial charge is 0.332 e. The molecule has 23 heavy (non-hydrogen) atoms. The summed E-state index contributed by atoms with van der Waals surface area (Å²) >= 11 is 1.71. The summed E-state index contributed by atoms with van der Waals surface area (Å²) in [5.41, 5.74) is 3.32. The molecule has 0 bridgehead atoms. The summed E-state index contributed by atoms with van der Waals surface area (Å²) in [6.45, 7) is 5.26. The van der Waals surface area contributed by atoms with Gasteiger partial charge >= 0.3 is 0 Å². The molecule has 0 aliphatic carbocycles. The number of carbonyl (C=O) groups is 1. The van der Waals surface area contributed by atoms with Crippen LogP contribution >= 0.6 is 11.8 Å². The van der Waals surface area contributed by atoms with Gasteiger partial charge < -0.3 is 4.90 Å². The predicted octanol–water partition coefficient (Wildman–Crippen LogP) is 3.92. The molecule has 2 rings (SSSR count). The zero-order valence-electron chi connectivity index (χ0n) is 14.0. The maximum absolute atomic E-state index is 12.8. The lowest BCUT2D eigenvalue weighted by Gasteiger charge is -2.26. The molecule has 0 radical (unpaired) electrons. The summed E-state index contributed by atoms with van der Waals surface area (Å²) in [5.74, 6) is 1.04. The Bertz CT molecular complexity index is 630. The van der Waals surface area contributed by atoms with Crippen molar-refractivity contribution in [3.63, 3.8) is 0 Å². The molecule has 3 nitrogen and oxygen atoms in total. The topological polar surface area (TPSA) is 33.2 Å². The van der Waals surface area contributed by atoms with Crippen LogP contribution in [0, 0.1) is 12.8 Å². The standard InChI is InChI=1S/C19H24N2OS/c1-15-8-4-5-9-17(15)12-21(19(22)16(2)14-23-3)13-18-10-6-7-11-20-18/h4-11,16H,12-14H2,1-3H3/t16-/m0/s1. The lowest BCUT2D eigenvalue weighted by atomic mass is 10.1. The van der Waals surface area contributed by atoms with E-state index in [4.69, 9.17) is 0 Å². The molecule has 1 aromatic heterocycles. The summed E-state index contributed by atoms with van der Waals surface area (Å²) in [6, 6.07) is 14.1. The van der Waals surface area contributed by atoms with Gasteiger partial charge in [0.2, 0.25) is 5.91 Å². The van der Waals surface area contributed by atoms with E-state index in [2.05, 4.69) is 24.0 Å². The molecule has 1 heterocycles. The zero-order chi connectivity index (χ0) is 16.7. The van der Waals surface area contributed by atoms with Gasteiger partial charge in [0.1, 0.15) is 0 Å². The van der Waals surface area contributed by atoms with E-state index in [1.165, 1.54) is 11.1 Å². The second-order valence-electron chi connectivity index (χ2n) is 5.80. The fraction of sp³-hybridized carbons (Fsp3) is 0.368. The van der Waals surface area contributed by atoms with Gasteiger partial charge in [-0.3, -0.25) is 9.78 Å². The van der Waals surface area contributed by atoms with Crippen LogP contribution in [-0.4, -0.2) is 27.8 Å². The van der Waals surface area contributed by atoms with E-state index in [0.29, 0.717) is 13.1 Å². The molecule has 0 unspecified atom stereocenters. The third kappa shape index (κ3) is 5.10. The van der Waals surface area contributed by atoms with Crippen molar-refractivity contribution in [3.8, 4) is 0 Å². The predicted molar refractivity (Wildman–Crippen MR) is 97.2 cm³/mol. The molecule has 2 aromatic rings. The fourth-order valence-corrected chi connectivity index (χ4v) is 3.17. The van der Waals surface area contributed by atoms with Gasteiger partial charge in [0.15, 0.2) is 0 Å². The van der Waals surface area contributed by atoms with Crippen LogP contribution in [0.2, 0.25) is 0 Å². The average molecular weight is 328 g/mol. The molecule has 1 aromatic carbocycles. The van der Waals surface area contributed by atoms with Crippen LogP contribution in [0.1, 0.15) is 23.7 Å². The van der Waals surface area contributed by atoms with Crippen molar-refractivity contribution in [2.24, 2.45) is 5.92 Å². The molecule has 0 spiro atoms. The third-order valence-corrected chi connectivity index (χ3v) is 4.68. The molecule has 0 aliphatic heterocycles. The van der Waals surface area contributed by atoms with Crippen LogP contribution in [0.3, 0.4) is 0 Å². The fourth-order valence-electron chi connectivity index (χ4n) is 2.53. The lowest BCUT2D eigenvalue weighted by molar-refractivity contribution is -0.135. The maximum atomic E-state index is 12.8. The van der Waals surface area contributed by atoms with E-state index in [-0.39, 0.29) is 11.8 Å². The Morgan fingerprint density at radius 2 is 1.91 bits per heavy atom. The first kappa shape index (κ1) is 17.5. The van der Waals surface area contributed by atoms with Gasteiger partial charge in [0.25, 0.3) is 0 Å². The summed E-state index contributed by atoms with van der Waals surface area (Å²) in [5, 5.41) is 0.